The highest BCUT2D eigenvalue weighted by Gasteiger charge is 2.13. The third kappa shape index (κ3) is 8.06. The average molecular weight is 258 g/mol. The van der Waals surface area contributed by atoms with Gasteiger partial charge in [-0.3, -0.25) is 9.59 Å². The molecule has 0 aliphatic carbocycles. The highest BCUT2D eigenvalue weighted by Crippen LogP contribution is 2.09. The molecule has 3 unspecified atom stereocenters. The van der Waals surface area contributed by atoms with Crippen molar-refractivity contribution >= 4 is 11.9 Å². The normalized spacial score (nSPS) is 15.8. The van der Waals surface area contributed by atoms with Crippen LogP contribution in [0, 0.1) is 5.92 Å². The molecule has 0 radical (unpaired) electrons. The number of carbonyl (C=O) groups excluding carboxylic acids is 1. The maximum atomic E-state index is 11.5. The van der Waals surface area contributed by atoms with Crippen molar-refractivity contribution in [3.63, 3.8) is 0 Å². The number of carboxylic acids is 1. The molecule has 0 saturated heterocycles. The van der Waals surface area contributed by atoms with Gasteiger partial charge in [-0.05, 0) is 26.2 Å². The maximum absolute atomic E-state index is 11.5. The smallest absolute Gasteiger partial charge is 0.306 e. The first-order valence-corrected chi connectivity index (χ1v) is 6.64. The largest absolute Gasteiger partial charge is 0.481 e. The van der Waals surface area contributed by atoms with Crippen molar-refractivity contribution in [1.82, 2.24) is 5.32 Å². The molecular weight excluding hydrogens is 232 g/mol. The van der Waals surface area contributed by atoms with Gasteiger partial charge in [-0.1, -0.05) is 20.3 Å². The summed E-state index contributed by atoms with van der Waals surface area (Å²) in [6.07, 6.45) is 3.38. The van der Waals surface area contributed by atoms with Gasteiger partial charge in [-0.2, -0.15) is 0 Å². The average Bonchev–Trinajstić information content (AvgIpc) is 2.27. The minimum Gasteiger partial charge on any atom is -0.481 e. The lowest BCUT2D eigenvalue weighted by atomic mass is 10.0. The van der Waals surface area contributed by atoms with E-state index in [1.807, 2.05) is 13.8 Å². The molecule has 0 fully saturated rings. The molecule has 4 N–H and O–H groups in total. The van der Waals surface area contributed by atoms with Gasteiger partial charge in [-0.15, -0.1) is 0 Å². The van der Waals surface area contributed by atoms with E-state index < -0.39 is 5.97 Å². The van der Waals surface area contributed by atoms with Gasteiger partial charge in [0.1, 0.15) is 0 Å². The molecule has 0 aliphatic heterocycles. The SMILES string of the molecule is CCC(N)CC(=O)NC(C)CCCC(C)C(=O)O. The van der Waals surface area contributed by atoms with E-state index in [2.05, 4.69) is 5.32 Å². The topological polar surface area (TPSA) is 92.4 Å². The standard InChI is InChI=1S/C13H26N2O3/c1-4-11(14)8-12(16)15-10(3)7-5-6-9(2)13(17)18/h9-11H,4-8,14H2,1-3H3,(H,15,16)(H,17,18). The highest BCUT2D eigenvalue weighted by molar-refractivity contribution is 5.76. The number of hydrogen-bond donors (Lipinski definition) is 3. The first kappa shape index (κ1) is 16.9. The molecule has 18 heavy (non-hydrogen) atoms. The summed E-state index contributed by atoms with van der Waals surface area (Å²) in [7, 11) is 0. The van der Waals surface area contributed by atoms with Gasteiger partial charge in [0, 0.05) is 18.5 Å². The zero-order valence-electron chi connectivity index (χ0n) is 11.6. The van der Waals surface area contributed by atoms with Crippen LogP contribution < -0.4 is 11.1 Å². The number of amides is 1. The van der Waals surface area contributed by atoms with Gasteiger partial charge in [-0.25, -0.2) is 0 Å². The van der Waals surface area contributed by atoms with Crippen LogP contribution in [-0.2, 0) is 9.59 Å². The summed E-state index contributed by atoms with van der Waals surface area (Å²) in [6, 6.07) is -0.00761. The van der Waals surface area contributed by atoms with Crippen LogP contribution in [0.5, 0.6) is 0 Å². The van der Waals surface area contributed by atoms with E-state index in [1.54, 1.807) is 6.92 Å². The molecule has 106 valence electrons. The Kier molecular flexibility index (Phi) is 8.37. The number of nitrogens with one attached hydrogen (secondary N) is 1. The Morgan fingerprint density at radius 2 is 1.89 bits per heavy atom. The Hall–Kier alpha value is -1.10. The minimum absolute atomic E-state index is 0.0249. The van der Waals surface area contributed by atoms with Gasteiger partial charge >= 0.3 is 5.97 Å². The molecule has 3 atom stereocenters. The predicted octanol–water partition coefficient (Wildman–Crippen LogP) is 1.51. The Morgan fingerprint density at radius 1 is 1.28 bits per heavy atom. The maximum Gasteiger partial charge on any atom is 0.306 e. The van der Waals surface area contributed by atoms with Gasteiger partial charge < -0.3 is 16.2 Å². The van der Waals surface area contributed by atoms with Crippen molar-refractivity contribution in [2.45, 2.75) is 65.0 Å². The number of aliphatic carboxylic acids is 1. The van der Waals surface area contributed by atoms with Crippen LogP contribution in [0.4, 0.5) is 0 Å². The van der Waals surface area contributed by atoms with Crippen LogP contribution >= 0.6 is 0 Å². The third-order valence-electron chi connectivity index (χ3n) is 3.08. The van der Waals surface area contributed by atoms with Crippen LogP contribution in [0.15, 0.2) is 0 Å². The molecule has 0 aliphatic rings. The van der Waals surface area contributed by atoms with Crippen LogP contribution in [0.25, 0.3) is 0 Å². The van der Waals surface area contributed by atoms with Crippen LogP contribution in [-0.4, -0.2) is 29.1 Å². The zero-order chi connectivity index (χ0) is 14.1. The highest BCUT2D eigenvalue weighted by atomic mass is 16.4. The van der Waals surface area contributed by atoms with E-state index in [1.165, 1.54) is 0 Å². The van der Waals surface area contributed by atoms with Gasteiger partial charge in [0.2, 0.25) is 5.91 Å². The summed E-state index contributed by atoms with van der Waals surface area (Å²) in [6.45, 7) is 5.58. The summed E-state index contributed by atoms with van der Waals surface area (Å²) < 4.78 is 0. The number of carbonyl (C=O) groups is 2. The lowest BCUT2D eigenvalue weighted by Gasteiger charge is -2.16. The molecule has 0 rings (SSSR count). The summed E-state index contributed by atoms with van der Waals surface area (Å²) in [5.41, 5.74) is 5.70. The summed E-state index contributed by atoms with van der Waals surface area (Å²) in [4.78, 5) is 22.2. The Labute approximate surface area is 109 Å². The molecule has 0 saturated carbocycles. The van der Waals surface area contributed by atoms with E-state index >= 15 is 0 Å². The van der Waals surface area contributed by atoms with Crippen LogP contribution in [0.1, 0.15) is 52.9 Å². The molecular formula is C13H26N2O3. The van der Waals surface area contributed by atoms with Crippen molar-refractivity contribution in [2.24, 2.45) is 11.7 Å². The number of hydrogen-bond acceptors (Lipinski definition) is 3. The molecule has 0 aromatic rings. The molecule has 5 heteroatoms. The van der Waals surface area contributed by atoms with E-state index in [0.717, 1.165) is 19.3 Å². The van der Waals surface area contributed by atoms with Crippen molar-refractivity contribution in [2.75, 3.05) is 0 Å². The van der Waals surface area contributed by atoms with E-state index in [4.69, 9.17) is 10.8 Å². The third-order valence-corrected chi connectivity index (χ3v) is 3.08. The Balaban J connectivity index is 3.74. The van der Waals surface area contributed by atoms with Crippen LogP contribution in [0.2, 0.25) is 0 Å². The Bertz CT molecular complexity index is 269. The fraction of sp³-hybridized carbons (Fsp3) is 0.846. The molecule has 5 nitrogen and oxygen atoms in total. The second-order valence-corrected chi connectivity index (χ2v) is 5.01. The molecule has 0 bridgehead atoms. The first-order valence-electron chi connectivity index (χ1n) is 6.64. The fourth-order valence-corrected chi connectivity index (χ4v) is 1.64. The van der Waals surface area contributed by atoms with E-state index in [-0.39, 0.29) is 23.9 Å². The van der Waals surface area contributed by atoms with Crippen LogP contribution in [0.3, 0.4) is 0 Å². The van der Waals surface area contributed by atoms with Gasteiger partial charge in [0.05, 0.1) is 5.92 Å². The first-order chi connectivity index (χ1) is 8.36. The predicted molar refractivity (Wildman–Crippen MR) is 71.1 cm³/mol. The van der Waals surface area contributed by atoms with Gasteiger partial charge in [0.25, 0.3) is 0 Å². The monoisotopic (exact) mass is 258 g/mol. The summed E-state index contributed by atoms with van der Waals surface area (Å²) in [5, 5.41) is 11.6. The lowest BCUT2D eigenvalue weighted by Crippen LogP contribution is -2.36. The van der Waals surface area contributed by atoms with Crippen molar-refractivity contribution in [1.29, 1.82) is 0 Å². The number of nitrogens with two attached hydrogens (primary N) is 1. The second kappa shape index (κ2) is 8.91. The van der Waals surface area contributed by atoms with Gasteiger partial charge in [0.15, 0.2) is 0 Å². The fourth-order valence-electron chi connectivity index (χ4n) is 1.64. The minimum atomic E-state index is -0.763. The van der Waals surface area contributed by atoms with Crippen molar-refractivity contribution < 1.29 is 14.7 Å². The van der Waals surface area contributed by atoms with E-state index in [0.29, 0.717) is 12.8 Å². The van der Waals surface area contributed by atoms with Crippen molar-refractivity contribution in [3.05, 3.63) is 0 Å². The molecule has 1 amide bonds. The number of carboxylic acid groups (broad SMARTS) is 1. The number of rotatable bonds is 9. The Morgan fingerprint density at radius 3 is 2.39 bits per heavy atom. The molecule has 0 aromatic heterocycles. The lowest BCUT2D eigenvalue weighted by molar-refractivity contribution is -0.141. The quantitative estimate of drug-likeness (QED) is 0.584. The molecule has 0 spiro atoms. The zero-order valence-corrected chi connectivity index (χ0v) is 11.6. The molecule has 0 heterocycles. The van der Waals surface area contributed by atoms with E-state index in [9.17, 15) is 9.59 Å². The molecule has 0 aromatic carbocycles. The van der Waals surface area contributed by atoms with Crippen molar-refractivity contribution in [3.8, 4) is 0 Å². The second-order valence-electron chi connectivity index (χ2n) is 5.01. The summed E-state index contributed by atoms with van der Waals surface area (Å²) in [5.74, 6) is -1.11. The summed E-state index contributed by atoms with van der Waals surface area (Å²) >= 11 is 0.